The summed E-state index contributed by atoms with van der Waals surface area (Å²) in [4.78, 5) is 10.1. The molecule has 62 valence electrons. The van der Waals surface area contributed by atoms with Crippen LogP contribution >= 0.6 is 0 Å². The normalized spacial score (nSPS) is 8.75. The highest BCUT2D eigenvalue weighted by atomic mass is 16.5. The summed E-state index contributed by atoms with van der Waals surface area (Å²) in [6.07, 6.45) is 1.29. The Hall–Kier alpha value is -1.81. The van der Waals surface area contributed by atoms with E-state index < -0.39 is 0 Å². The third-order valence-corrected chi connectivity index (χ3v) is 1.07. The lowest BCUT2D eigenvalue weighted by Gasteiger charge is -1.99. The Labute approximate surface area is 68.8 Å². The van der Waals surface area contributed by atoms with Crippen LogP contribution in [0.5, 0.6) is 5.88 Å². The van der Waals surface area contributed by atoms with Gasteiger partial charge < -0.3 is 4.74 Å². The molecule has 0 bridgehead atoms. The van der Waals surface area contributed by atoms with Gasteiger partial charge in [-0.3, -0.25) is 0 Å². The second kappa shape index (κ2) is 4.15. The van der Waals surface area contributed by atoms with Crippen molar-refractivity contribution in [2.45, 2.75) is 6.92 Å². The molecule has 0 aliphatic rings. The summed E-state index contributed by atoms with van der Waals surface area (Å²) in [6, 6.07) is 1.48. The highest BCUT2D eigenvalue weighted by Gasteiger charge is 1.95. The Morgan fingerprint density at radius 3 is 3.17 bits per heavy atom. The minimum atomic E-state index is 0.260. The molecule has 1 rings (SSSR count). The van der Waals surface area contributed by atoms with Gasteiger partial charge in [-0.05, 0) is 17.6 Å². The quantitative estimate of drug-likeness (QED) is 0.389. The van der Waals surface area contributed by atoms with Crippen molar-refractivity contribution in [2.24, 2.45) is 5.11 Å². The van der Waals surface area contributed by atoms with E-state index in [4.69, 9.17) is 10.3 Å². The van der Waals surface area contributed by atoms with Crippen molar-refractivity contribution in [2.75, 3.05) is 6.61 Å². The molecule has 6 nitrogen and oxygen atoms in total. The lowest BCUT2D eigenvalue weighted by atomic mass is 10.6. The van der Waals surface area contributed by atoms with Crippen LogP contribution < -0.4 is 4.74 Å². The summed E-state index contributed by atoms with van der Waals surface area (Å²) in [5.74, 6) is 0.672. The average Bonchev–Trinajstić information content (AvgIpc) is 2.06. The maximum Gasteiger partial charge on any atom is 0.216 e. The standard InChI is InChI=1S/C6H7N5O/c1-2-12-6-3-5(10-11-7)8-4-9-6/h3-4H,2H2,1H3. The molecule has 0 amide bonds. The van der Waals surface area contributed by atoms with Crippen molar-refractivity contribution < 1.29 is 4.74 Å². The van der Waals surface area contributed by atoms with E-state index in [2.05, 4.69) is 20.0 Å². The average molecular weight is 165 g/mol. The zero-order valence-electron chi connectivity index (χ0n) is 6.51. The Kier molecular flexibility index (Phi) is 2.87. The van der Waals surface area contributed by atoms with Crippen LogP contribution in [0.1, 0.15) is 6.92 Å². The summed E-state index contributed by atoms with van der Waals surface area (Å²) in [7, 11) is 0. The molecule has 0 aliphatic carbocycles. The monoisotopic (exact) mass is 165 g/mol. The van der Waals surface area contributed by atoms with Crippen LogP contribution in [0.25, 0.3) is 10.4 Å². The Morgan fingerprint density at radius 2 is 2.50 bits per heavy atom. The number of hydrogen-bond donors (Lipinski definition) is 0. The van der Waals surface area contributed by atoms with Gasteiger partial charge in [-0.2, -0.15) is 0 Å². The number of hydrogen-bond acceptors (Lipinski definition) is 4. The molecule has 0 N–H and O–H groups in total. The van der Waals surface area contributed by atoms with Gasteiger partial charge in [-0.15, -0.1) is 0 Å². The largest absolute Gasteiger partial charge is 0.478 e. The van der Waals surface area contributed by atoms with Gasteiger partial charge >= 0.3 is 0 Å². The van der Waals surface area contributed by atoms with Crippen LogP contribution in [0.15, 0.2) is 17.5 Å². The lowest BCUT2D eigenvalue weighted by molar-refractivity contribution is 0.326. The minimum absolute atomic E-state index is 0.260. The van der Waals surface area contributed by atoms with Gasteiger partial charge in [0, 0.05) is 11.0 Å². The van der Waals surface area contributed by atoms with Crippen LogP contribution in [0, 0.1) is 0 Å². The molecule has 0 atom stereocenters. The summed E-state index contributed by atoms with van der Waals surface area (Å²) < 4.78 is 5.06. The van der Waals surface area contributed by atoms with Crippen LogP contribution in [0.3, 0.4) is 0 Å². The minimum Gasteiger partial charge on any atom is -0.478 e. The Balaban J connectivity index is 2.87. The van der Waals surface area contributed by atoms with E-state index in [1.165, 1.54) is 12.4 Å². The van der Waals surface area contributed by atoms with E-state index in [1.54, 1.807) is 0 Å². The molecule has 6 heteroatoms. The second-order valence-corrected chi connectivity index (χ2v) is 1.84. The molecule has 0 radical (unpaired) electrons. The summed E-state index contributed by atoms with van der Waals surface area (Å²) in [5, 5.41) is 3.30. The SMILES string of the molecule is CCOc1cc(N=[N+]=[N-])ncn1. The molecule has 0 fully saturated rings. The molecular formula is C6H7N5O. The number of nitrogens with zero attached hydrogens (tertiary/aromatic N) is 5. The highest BCUT2D eigenvalue weighted by molar-refractivity contribution is 5.30. The van der Waals surface area contributed by atoms with Gasteiger partial charge in [0.1, 0.15) is 12.1 Å². The van der Waals surface area contributed by atoms with Gasteiger partial charge in [0.05, 0.1) is 6.61 Å². The van der Waals surface area contributed by atoms with Crippen molar-refractivity contribution in [1.29, 1.82) is 0 Å². The smallest absolute Gasteiger partial charge is 0.216 e. The van der Waals surface area contributed by atoms with E-state index in [1.807, 2.05) is 6.92 Å². The van der Waals surface area contributed by atoms with Crippen molar-refractivity contribution in [3.8, 4) is 5.88 Å². The number of ether oxygens (including phenoxy) is 1. The summed E-state index contributed by atoms with van der Waals surface area (Å²) in [5.41, 5.74) is 8.10. The first-order chi connectivity index (χ1) is 5.86. The summed E-state index contributed by atoms with van der Waals surface area (Å²) >= 11 is 0. The molecule has 0 spiro atoms. The van der Waals surface area contributed by atoms with Gasteiger partial charge in [0.15, 0.2) is 0 Å². The third-order valence-electron chi connectivity index (χ3n) is 1.07. The number of aromatic nitrogens is 2. The maximum atomic E-state index is 8.10. The van der Waals surface area contributed by atoms with E-state index in [9.17, 15) is 0 Å². The van der Waals surface area contributed by atoms with Gasteiger partial charge in [-0.1, -0.05) is 0 Å². The molecule has 12 heavy (non-hydrogen) atoms. The first-order valence-corrected chi connectivity index (χ1v) is 3.36. The highest BCUT2D eigenvalue weighted by Crippen LogP contribution is 2.13. The van der Waals surface area contributed by atoms with Crippen LogP contribution in [-0.2, 0) is 0 Å². The molecule has 1 aromatic rings. The van der Waals surface area contributed by atoms with E-state index in [0.717, 1.165) is 0 Å². The van der Waals surface area contributed by atoms with Crippen LogP contribution in [0.4, 0.5) is 5.82 Å². The zero-order chi connectivity index (χ0) is 8.81. The molecule has 1 aromatic heterocycles. The topological polar surface area (TPSA) is 83.8 Å². The van der Waals surface area contributed by atoms with Crippen LogP contribution in [-0.4, -0.2) is 16.6 Å². The van der Waals surface area contributed by atoms with Crippen molar-refractivity contribution >= 4 is 5.82 Å². The molecule has 1 heterocycles. The molecule has 0 aliphatic heterocycles. The van der Waals surface area contributed by atoms with Gasteiger partial charge in [-0.25, -0.2) is 9.97 Å². The summed E-state index contributed by atoms with van der Waals surface area (Å²) in [6.45, 7) is 2.36. The van der Waals surface area contributed by atoms with Gasteiger partial charge in [0.25, 0.3) is 0 Å². The van der Waals surface area contributed by atoms with Crippen LogP contribution in [0.2, 0.25) is 0 Å². The van der Waals surface area contributed by atoms with Crippen molar-refractivity contribution in [1.82, 2.24) is 9.97 Å². The first-order valence-electron chi connectivity index (χ1n) is 3.36. The molecule has 0 saturated carbocycles. The fraction of sp³-hybridized carbons (Fsp3) is 0.333. The third kappa shape index (κ3) is 2.10. The fourth-order valence-electron chi connectivity index (χ4n) is 0.657. The number of rotatable bonds is 3. The molecular weight excluding hydrogens is 158 g/mol. The van der Waals surface area contributed by atoms with E-state index in [0.29, 0.717) is 12.5 Å². The Bertz CT molecular complexity index is 307. The van der Waals surface area contributed by atoms with Gasteiger partial charge in [0.2, 0.25) is 5.88 Å². The zero-order valence-corrected chi connectivity index (χ0v) is 6.51. The molecule has 0 saturated heterocycles. The van der Waals surface area contributed by atoms with E-state index in [-0.39, 0.29) is 5.82 Å². The van der Waals surface area contributed by atoms with E-state index >= 15 is 0 Å². The van der Waals surface area contributed by atoms with Crippen molar-refractivity contribution in [3.05, 3.63) is 22.8 Å². The Morgan fingerprint density at radius 1 is 1.67 bits per heavy atom. The first kappa shape index (κ1) is 8.29. The second-order valence-electron chi connectivity index (χ2n) is 1.84. The predicted octanol–water partition coefficient (Wildman–Crippen LogP) is 1.82. The number of azide groups is 1. The molecule has 0 unspecified atom stereocenters. The lowest BCUT2D eigenvalue weighted by Crippen LogP contribution is -1.93. The maximum absolute atomic E-state index is 8.10. The predicted molar refractivity (Wildman–Crippen MR) is 42.0 cm³/mol. The fourth-order valence-corrected chi connectivity index (χ4v) is 0.657. The van der Waals surface area contributed by atoms with Crippen molar-refractivity contribution in [3.63, 3.8) is 0 Å². The molecule has 0 aromatic carbocycles.